The number of amides is 1. The molecular weight excluding hydrogens is 274 g/mol. The number of aromatic amines is 1. The third-order valence-electron chi connectivity index (χ3n) is 2.83. The first-order chi connectivity index (χ1) is 9.97. The van der Waals surface area contributed by atoms with Crippen molar-refractivity contribution >= 4 is 17.7 Å². The van der Waals surface area contributed by atoms with Crippen LogP contribution in [0.4, 0.5) is 0 Å². The van der Waals surface area contributed by atoms with Gasteiger partial charge >= 0.3 is 5.97 Å². The van der Waals surface area contributed by atoms with Crippen LogP contribution in [0, 0.1) is 0 Å². The van der Waals surface area contributed by atoms with Gasteiger partial charge in [-0.2, -0.15) is 0 Å². The van der Waals surface area contributed by atoms with Crippen LogP contribution >= 0.6 is 0 Å². The zero-order valence-corrected chi connectivity index (χ0v) is 11.2. The number of carboxylic acid groups (broad SMARTS) is 1. The lowest BCUT2D eigenvalue weighted by Crippen LogP contribution is -2.23. The highest BCUT2D eigenvalue weighted by atomic mass is 16.4. The summed E-state index contributed by atoms with van der Waals surface area (Å²) in [5.74, 6) is -1.59. The fourth-order valence-electron chi connectivity index (χ4n) is 1.70. The first-order valence-corrected chi connectivity index (χ1v) is 6.13. The highest BCUT2D eigenvalue weighted by molar-refractivity contribution is 5.99. The monoisotopic (exact) mass is 287 g/mol. The van der Waals surface area contributed by atoms with Crippen LogP contribution in [-0.4, -0.2) is 32.7 Å². The molecule has 0 aliphatic rings. The number of H-pyrrole nitrogens is 1. The van der Waals surface area contributed by atoms with Crippen molar-refractivity contribution in [2.75, 3.05) is 0 Å². The molecule has 0 fully saturated rings. The Kier molecular flexibility index (Phi) is 4.13. The third-order valence-corrected chi connectivity index (χ3v) is 2.83. The highest BCUT2D eigenvalue weighted by Crippen LogP contribution is 2.05. The van der Waals surface area contributed by atoms with Crippen LogP contribution in [0.2, 0.25) is 0 Å². The van der Waals surface area contributed by atoms with Crippen LogP contribution in [0.15, 0.2) is 30.6 Å². The fourth-order valence-corrected chi connectivity index (χ4v) is 1.70. The minimum atomic E-state index is -1.06. The van der Waals surface area contributed by atoms with Gasteiger partial charge in [0.2, 0.25) is 0 Å². The van der Waals surface area contributed by atoms with Gasteiger partial charge in [-0.15, -0.1) is 0 Å². The first kappa shape index (κ1) is 14.4. The largest absolute Gasteiger partial charge is 0.478 e. The predicted molar refractivity (Wildman–Crippen MR) is 73.2 cm³/mol. The Morgan fingerprint density at radius 1 is 1.29 bits per heavy atom. The van der Waals surface area contributed by atoms with Gasteiger partial charge in [0.1, 0.15) is 5.69 Å². The number of nitrogens with zero attached hydrogens (tertiary/aromatic N) is 1. The summed E-state index contributed by atoms with van der Waals surface area (Å²) in [6, 6.07) is 4.22. The molecule has 0 unspecified atom stereocenters. The van der Waals surface area contributed by atoms with Crippen LogP contribution in [0.25, 0.3) is 0 Å². The second-order valence-electron chi connectivity index (χ2n) is 4.38. The average molecular weight is 287 g/mol. The van der Waals surface area contributed by atoms with Crippen molar-refractivity contribution in [2.24, 2.45) is 0 Å². The first-order valence-electron chi connectivity index (χ1n) is 6.13. The van der Waals surface area contributed by atoms with E-state index in [1.54, 1.807) is 0 Å². The average Bonchev–Trinajstić information content (AvgIpc) is 2.95. The van der Waals surface area contributed by atoms with Crippen molar-refractivity contribution in [2.45, 2.75) is 13.5 Å². The summed E-state index contributed by atoms with van der Waals surface area (Å²) < 4.78 is 0. The van der Waals surface area contributed by atoms with E-state index in [1.807, 2.05) is 0 Å². The molecule has 2 heterocycles. The fraction of sp³-hybridized carbons (Fsp3) is 0.143. The Balaban J connectivity index is 2.02. The number of carbonyl (C=O) groups excluding carboxylic acids is 2. The molecule has 0 saturated carbocycles. The van der Waals surface area contributed by atoms with E-state index in [0.717, 1.165) is 0 Å². The summed E-state index contributed by atoms with van der Waals surface area (Å²) in [5, 5.41) is 11.5. The lowest BCUT2D eigenvalue weighted by molar-refractivity contribution is 0.0696. The van der Waals surface area contributed by atoms with Crippen molar-refractivity contribution in [1.29, 1.82) is 0 Å². The van der Waals surface area contributed by atoms with Gasteiger partial charge in [0.05, 0.1) is 17.8 Å². The van der Waals surface area contributed by atoms with Gasteiger partial charge in [-0.05, 0) is 25.1 Å². The van der Waals surface area contributed by atoms with Crippen LogP contribution in [-0.2, 0) is 6.54 Å². The predicted octanol–water partition coefficient (Wildman–Crippen LogP) is 1.24. The highest BCUT2D eigenvalue weighted by Gasteiger charge is 2.11. The molecule has 2 rings (SSSR count). The number of pyridine rings is 1. The van der Waals surface area contributed by atoms with Crippen molar-refractivity contribution in [3.05, 3.63) is 53.1 Å². The van der Waals surface area contributed by atoms with Crippen LogP contribution in [0.5, 0.6) is 0 Å². The second-order valence-corrected chi connectivity index (χ2v) is 4.38. The molecule has 0 aliphatic heterocycles. The Morgan fingerprint density at radius 3 is 2.67 bits per heavy atom. The number of aromatic nitrogens is 2. The number of aromatic carboxylic acids is 1. The van der Waals surface area contributed by atoms with Gasteiger partial charge in [-0.3, -0.25) is 14.6 Å². The minimum Gasteiger partial charge on any atom is -0.478 e. The SMILES string of the molecule is CC(=O)c1c[nH]c(C(=O)NCc2cc(C(=O)O)ccn2)c1. The van der Waals surface area contributed by atoms with Crippen molar-refractivity contribution in [3.8, 4) is 0 Å². The van der Waals surface area contributed by atoms with Crippen LogP contribution in [0.1, 0.15) is 43.8 Å². The van der Waals surface area contributed by atoms with Gasteiger partial charge in [0.25, 0.3) is 5.91 Å². The lowest BCUT2D eigenvalue weighted by atomic mass is 10.2. The summed E-state index contributed by atoms with van der Waals surface area (Å²) in [5.41, 5.74) is 1.22. The van der Waals surface area contributed by atoms with Gasteiger partial charge < -0.3 is 15.4 Å². The smallest absolute Gasteiger partial charge is 0.335 e. The van der Waals surface area contributed by atoms with Gasteiger partial charge in [0, 0.05) is 18.0 Å². The van der Waals surface area contributed by atoms with Crippen LogP contribution in [0.3, 0.4) is 0 Å². The molecule has 2 aromatic rings. The topological polar surface area (TPSA) is 112 Å². The molecule has 108 valence electrons. The number of rotatable bonds is 5. The van der Waals surface area contributed by atoms with E-state index in [9.17, 15) is 14.4 Å². The summed E-state index contributed by atoms with van der Waals surface area (Å²) in [7, 11) is 0. The number of Topliss-reactive ketones (excluding diaryl/α,β-unsaturated/α-hetero) is 1. The third kappa shape index (κ3) is 3.53. The quantitative estimate of drug-likeness (QED) is 0.716. The zero-order chi connectivity index (χ0) is 15.4. The molecule has 0 bridgehead atoms. The molecule has 0 saturated heterocycles. The maximum atomic E-state index is 11.9. The second kappa shape index (κ2) is 6.00. The van der Waals surface area contributed by atoms with E-state index in [4.69, 9.17) is 5.11 Å². The van der Waals surface area contributed by atoms with E-state index >= 15 is 0 Å². The summed E-state index contributed by atoms with van der Waals surface area (Å²) >= 11 is 0. The van der Waals surface area contributed by atoms with Gasteiger partial charge in [-0.25, -0.2) is 4.79 Å². The normalized spacial score (nSPS) is 10.1. The maximum Gasteiger partial charge on any atom is 0.335 e. The standard InChI is InChI=1S/C14H13N3O4/c1-8(18)10-5-12(16-6-10)13(19)17-7-11-4-9(14(20)21)2-3-15-11/h2-6,16H,7H2,1H3,(H,17,19)(H,20,21). The van der Waals surface area contributed by atoms with Crippen molar-refractivity contribution in [1.82, 2.24) is 15.3 Å². The molecule has 0 radical (unpaired) electrons. The molecular formula is C14H13N3O4. The minimum absolute atomic E-state index is 0.0916. The molecule has 7 nitrogen and oxygen atoms in total. The number of carbonyl (C=O) groups is 3. The Morgan fingerprint density at radius 2 is 2.05 bits per heavy atom. The molecule has 0 aromatic carbocycles. The Bertz CT molecular complexity index is 706. The molecule has 0 aliphatic carbocycles. The van der Waals surface area contributed by atoms with E-state index in [-0.39, 0.29) is 23.6 Å². The number of nitrogens with one attached hydrogen (secondary N) is 2. The van der Waals surface area contributed by atoms with E-state index < -0.39 is 11.9 Å². The summed E-state index contributed by atoms with van der Waals surface area (Å²) in [6.45, 7) is 1.50. The number of ketones is 1. The zero-order valence-electron chi connectivity index (χ0n) is 11.2. The van der Waals surface area contributed by atoms with Crippen molar-refractivity contribution in [3.63, 3.8) is 0 Å². The number of hydrogen-bond donors (Lipinski definition) is 3. The molecule has 7 heteroatoms. The molecule has 0 atom stereocenters. The van der Waals surface area contributed by atoms with E-state index in [0.29, 0.717) is 11.3 Å². The van der Waals surface area contributed by atoms with E-state index in [2.05, 4.69) is 15.3 Å². The van der Waals surface area contributed by atoms with Crippen LogP contribution < -0.4 is 5.32 Å². The Labute approximate surface area is 120 Å². The molecule has 1 amide bonds. The van der Waals surface area contributed by atoms with Gasteiger partial charge in [0.15, 0.2) is 5.78 Å². The molecule has 2 aromatic heterocycles. The number of hydrogen-bond acceptors (Lipinski definition) is 4. The number of carboxylic acids is 1. The maximum absolute atomic E-state index is 11.9. The van der Waals surface area contributed by atoms with Crippen molar-refractivity contribution < 1.29 is 19.5 Å². The summed E-state index contributed by atoms with van der Waals surface area (Å²) in [4.78, 5) is 40.5. The Hall–Kier alpha value is -2.96. The molecule has 0 spiro atoms. The summed E-state index contributed by atoms with van der Waals surface area (Å²) in [6.07, 6.45) is 2.83. The van der Waals surface area contributed by atoms with Gasteiger partial charge in [-0.1, -0.05) is 0 Å². The lowest BCUT2D eigenvalue weighted by Gasteiger charge is -2.04. The van der Waals surface area contributed by atoms with E-state index in [1.165, 1.54) is 37.5 Å². The molecule has 3 N–H and O–H groups in total. The molecule has 21 heavy (non-hydrogen) atoms.